The van der Waals surface area contributed by atoms with Crippen molar-refractivity contribution < 1.29 is 19.4 Å². The van der Waals surface area contributed by atoms with Crippen LogP contribution in [0.15, 0.2) is 42.5 Å². The van der Waals surface area contributed by atoms with Crippen LogP contribution in [-0.2, 0) is 22.5 Å². The van der Waals surface area contributed by atoms with E-state index in [4.69, 9.17) is 33.0 Å². The molecule has 0 aromatic heterocycles. The number of aromatic carboxylic acids is 1. The van der Waals surface area contributed by atoms with Gasteiger partial charge in [-0.25, -0.2) is 4.79 Å². The van der Waals surface area contributed by atoms with Crippen molar-refractivity contribution >= 4 is 35.1 Å². The van der Waals surface area contributed by atoms with E-state index < -0.39 is 5.97 Å². The highest BCUT2D eigenvalue weighted by atomic mass is 35.5. The smallest absolute Gasteiger partial charge is 0.335 e. The average Bonchev–Trinajstić information content (AvgIpc) is 2.70. The second-order valence-electron chi connectivity index (χ2n) is 6.96. The number of carboxylic acids is 1. The molecule has 0 radical (unpaired) electrons. The lowest BCUT2D eigenvalue weighted by Gasteiger charge is -2.33. The monoisotopic (exact) mass is 436 g/mol. The fraction of sp³-hybridized carbons (Fsp3) is 0.333. The Balaban J connectivity index is 1.47. The van der Waals surface area contributed by atoms with E-state index in [9.17, 15) is 9.59 Å². The first-order valence-electron chi connectivity index (χ1n) is 9.27. The number of halogens is 2. The quantitative estimate of drug-likeness (QED) is 0.696. The van der Waals surface area contributed by atoms with Gasteiger partial charge < -0.3 is 15.2 Å². The van der Waals surface area contributed by atoms with Crippen LogP contribution in [0.5, 0.6) is 0 Å². The normalized spacial score (nSPS) is 17.1. The number of hydrogen-bond donors (Lipinski definition) is 2. The summed E-state index contributed by atoms with van der Waals surface area (Å²) in [5.74, 6) is -1.18. The number of benzene rings is 2. The first-order chi connectivity index (χ1) is 13.9. The van der Waals surface area contributed by atoms with Crippen LogP contribution < -0.4 is 5.32 Å². The number of carbonyl (C=O) groups excluding carboxylic acids is 1. The molecule has 1 aliphatic rings. The summed E-state index contributed by atoms with van der Waals surface area (Å²) in [5, 5.41) is 13.0. The molecule has 0 bridgehead atoms. The van der Waals surface area contributed by atoms with Gasteiger partial charge in [0, 0.05) is 26.2 Å². The van der Waals surface area contributed by atoms with Gasteiger partial charge in [-0.1, -0.05) is 41.4 Å². The number of carbonyl (C=O) groups is 2. The predicted molar refractivity (Wildman–Crippen MR) is 112 cm³/mol. The second-order valence-corrected chi connectivity index (χ2v) is 7.78. The van der Waals surface area contributed by atoms with Crippen LogP contribution in [0.4, 0.5) is 0 Å². The molecule has 8 heteroatoms. The number of amides is 1. The predicted octanol–water partition coefficient (Wildman–Crippen LogP) is 3.25. The molecule has 1 unspecified atom stereocenters. The van der Waals surface area contributed by atoms with Gasteiger partial charge >= 0.3 is 5.97 Å². The minimum absolute atomic E-state index is 0.110. The van der Waals surface area contributed by atoms with Crippen molar-refractivity contribution in [3.05, 3.63) is 69.2 Å². The zero-order chi connectivity index (χ0) is 20.8. The molecule has 1 saturated heterocycles. The SMILES string of the molecule is O=C(Cc1cccc(C(=O)O)c1)NCC1CN(Cc2ccc(Cl)c(Cl)c2)CCO1. The van der Waals surface area contributed by atoms with E-state index in [1.165, 1.54) is 12.1 Å². The van der Waals surface area contributed by atoms with E-state index in [-0.39, 0.29) is 24.0 Å². The highest BCUT2D eigenvalue weighted by molar-refractivity contribution is 6.42. The zero-order valence-electron chi connectivity index (χ0n) is 15.7. The number of ether oxygens (including phenoxy) is 1. The summed E-state index contributed by atoms with van der Waals surface area (Å²) in [6.45, 7) is 3.20. The van der Waals surface area contributed by atoms with Gasteiger partial charge in [-0.2, -0.15) is 0 Å². The summed E-state index contributed by atoms with van der Waals surface area (Å²) in [5.41, 5.74) is 1.90. The van der Waals surface area contributed by atoms with Crippen molar-refractivity contribution in [2.45, 2.75) is 19.1 Å². The molecule has 0 spiro atoms. The van der Waals surface area contributed by atoms with Crippen molar-refractivity contribution in [3.63, 3.8) is 0 Å². The van der Waals surface area contributed by atoms with Gasteiger partial charge in [0.25, 0.3) is 0 Å². The van der Waals surface area contributed by atoms with Crippen LogP contribution in [0.25, 0.3) is 0 Å². The number of hydrogen-bond acceptors (Lipinski definition) is 4. The maximum atomic E-state index is 12.2. The van der Waals surface area contributed by atoms with Gasteiger partial charge in [-0.3, -0.25) is 9.69 Å². The van der Waals surface area contributed by atoms with E-state index in [1.54, 1.807) is 18.2 Å². The molecule has 1 aliphatic heterocycles. The highest BCUT2D eigenvalue weighted by Gasteiger charge is 2.21. The molecule has 2 aromatic rings. The van der Waals surface area contributed by atoms with Crippen LogP contribution in [0.3, 0.4) is 0 Å². The van der Waals surface area contributed by atoms with E-state index in [0.717, 1.165) is 18.7 Å². The summed E-state index contributed by atoms with van der Waals surface area (Å²) in [7, 11) is 0. The Morgan fingerprint density at radius 3 is 2.72 bits per heavy atom. The number of carboxylic acid groups (broad SMARTS) is 1. The molecule has 29 heavy (non-hydrogen) atoms. The Labute approximate surface area is 179 Å². The maximum absolute atomic E-state index is 12.2. The largest absolute Gasteiger partial charge is 0.478 e. The van der Waals surface area contributed by atoms with E-state index >= 15 is 0 Å². The summed E-state index contributed by atoms with van der Waals surface area (Å²) in [6.07, 6.45) is 0.0155. The Kier molecular flexibility index (Phi) is 7.50. The van der Waals surface area contributed by atoms with E-state index in [1.807, 2.05) is 12.1 Å². The van der Waals surface area contributed by atoms with Crippen LogP contribution >= 0.6 is 23.2 Å². The van der Waals surface area contributed by atoms with E-state index in [2.05, 4.69) is 10.2 Å². The Morgan fingerprint density at radius 2 is 1.97 bits per heavy atom. The molecule has 1 heterocycles. The second kappa shape index (κ2) is 10.1. The van der Waals surface area contributed by atoms with Crippen molar-refractivity contribution in [1.29, 1.82) is 0 Å². The number of morpholine rings is 1. The van der Waals surface area contributed by atoms with Gasteiger partial charge in [-0.05, 0) is 35.4 Å². The molecular weight excluding hydrogens is 415 g/mol. The molecule has 3 rings (SSSR count). The summed E-state index contributed by atoms with van der Waals surface area (Å²) >= 11 is 12.0. The molecule has 2 N–H and O–H groups in total. The van der Waals surface area contributed by atoms with Gasteiger partial charge in [0.2, 0.25) is 5.91 Å². The number of nitrogens with zero attached hydrogens (tertiary/aromatic N) is 1. The third-order valence-corrected chi connectivity index (χ3v) is 5.42. The molecule has 2 aromatic carbocycles. The third kappa shape index (κ3) is 6.44. The maximum Gasteiger partial charge on any atom is 0.335 e. The molecule has 0 saturated carbocycles. The number of rotatable bonds is 7. The Morgan fingerprint density at radius 1 is 1.14 bits per heavy atom. The first-order valence-corrected chi connectivity index (χ1v) is 10.0. The standard InChI is InChI=1S/C21H22Cl2N2O4/c22-18-5-4-15(9-19(18)23)12-25-6-7-29-17(13-25)11-24-20(26)10-14-2-1-3-16(8-14)21(27)28/h1-5,8-9,17H,6-7,10-13H2,(H,24,26)(H,27,28). The van der Waals surface area contributed by atoms with Crippen LogP contribution in [0.1, 0.15) is 21.5 Å². The average molecular weight is 437 g/mol. The van der Waals surface area contributed by atoms with Crippen molar-refractivity contribution in [3.8, 4) is 0 Å². The molecule has 1 amide bonds. The van der Waals surface area contributed by atoms with Gasteiger partial charge in [0.05, 0.1) is 34.7 Å². The minimum Gasteiger partial charge on any atom is -0.478 e. The van der Waals surface area contributed by atoms with E-state index in [0.29, 0.717) is 35.3 Å². The lowest BCUT2D eigenvalue weighted by molar-refractivity contribution is -0.121. The highest BCUT2D eigenvalue weighted by Crippen LogP contribution is 2.23. The Bertz CT molecular complexity index is 891. The molecule has 154 valence electrons. The molecule has 0 aliphatic carbocycles. The molecular formula is C21H22Cl2N2O4. The fourth-order valence-corrected chi connectivity index (χ4v) is 3.55. The first kappa shape index (κ1) is 21.6. The molecule has 1 fully saturated rings. The van der Waals surface area contributed by atoms with Crippen LogP contribution in [-0.4, -0.2) is 54.2 Å². The zero-order valence-corrected chi connectivity index (χ0v) is 17.2. The topological polar surface area (TPSA) is 78.9 Å². The van der Waals surface area contributed by atoms with Crippen LogP contribution in [0.2, 0.25) is 10.0 Å². The minimum atomic E-state index is -1.01. The van der Waals surface area contributed by atoms with Gasteiger partial charge in [0.15, 0.2) is 0 Å². The fourth-order valence-electron chi connectivity index (χ4n) is 3.23. The lowest BCUT2D eigenvalue weighted by Crippen LogP contribution is -2.47. The summed E-state index contributed by atoms with van der Waals surface area (Å²) in [4.78, 5) is 25.5. The summed E-state index contributed by atoms with van der Waals surface area (Å²) < 4.78 is 5.76. The van der Waals surface area contributed by atoms with Crippen molar-refractivity contribution in [1.82, 2.24) is 10.2 Å². The van der Waals surface area contributed by atoms with Gasteiger partial charge in [0.1, 0.15) is 0 Å². The third-order valence-electron chi connectivity index (χ3n) is 4.68. The van der Waals surface area contributed by atoms with Crippen molar-refractivity contribution in [2.24, 2.45) is 0 Å². The lowest BCUT2D eigenvalue weighted by atomic mass is 10.1. The molecule has 6 nitrogen and oxygen atoms in total. The molecule has 1 atom stereocenters. The Hall–Kier alpha value is -2.12. The van der Waals surface area contributed by atoms with Crippen molar-refractivity contribution in [2.75, 3.05) is 26.2 Å². The van der Waals surface area contributed by atoms with Gasteiger partial charge in [-0.15, -0.1) is 0 Å². The van der Waals surface area contributed by atoms with Crippen LogP contribution in [0, 0.1) is 0 Å². The summed E-state index contributed by atoms with van der Waals surface area (Å²) in [6, 6.07) is 12.0. The number of nitrogens with one attached hydrogen (secondary N) is 1.